The van der Waals surface area contributed by atoms with Gasteiger partial charge in [0.1, 0.15) is 0 Å². The van der Waals surface area contributed by atoms with Gasteiger partial charge >= 0.3 is 0 Å². The van der Waals surface area contributed by atoms with Crippen LogP contribution in [0.15, 0.2) is 12.1 Å². The predicted octanol–water partition coefficient (Wildman–Crippen LogP) is 2.80. The molecule has 0 aliphatic carbocycles. The summed E-state index contributed by atoms with van der Waals surface area (Å²) in [4.78, 5) is 5.25. The van der Waals surface area contributed by atoms with Crippen LogP contribution in [0, 0.1) is 12.8 Å². The lowest BCUT2D eigenvalue weighted by Crippen LogP contribution is -2.49. The van der Waals surface area contributed by atoms with Gasteiger partial charge in [0.15, 0.2) is 0 Å². The monoisotopic (exact) mass is 282 g/mol. The first kappa shape index (κ1) is 15.0. The molecule has 1 saturated heterocycles. The van der Waals surface area contributed by atoms with E-state index in [1.54, 1.807) is 0 Å². The van der Waals surface area contributed by atoms with E-state index in [9.17, 15) is 0 Å². The molecule has 0 spiro atoms. The SMILES string of the molecule is COC1CN(C(c2ccc(C)s2)C(C)N)CCC1C. The number of methoxy groups -OCH3 is 1. The lowest BCUT2D eigenvalue weighted by Gasteiger charge is -2.41. The summed E-state index contributed by atoms with van der Waals surface area (Å²) in [5.41, 5.74) is 6.25. The van der Waals surface area contributed by atoms with Gasteiger partial charge in [-0.15, -0.1) is 11.3 Å². The van der Waals surface area contributed by atoms with E-state index in [0.29, 0.717) is 18.1 Å². The summed E-state index contributed by atoms with van der Waals surface area (Å²) in [6, 6.07) is 4.89. The van der Waals surface area contributed by atoms with Gasteiger partial charge in [0.2, 0.25) is 0 Å². The average Bonchev–Trinajstić information content (AvgIpc) is 2.77. The van der Waals surface area contributed by atoms with E-state index in [2.05, 4.69) is 37.8 Å². The third kappa shape index (κ3) is 3.37. The Morgan fingerprint density at radius 3 is 2.74 bits per heavy atom. The van der Waals surface area contributed by atoms with Crippen molar-refractivity contribution in [3.8, 4) is 0 Å². The number of aryl methyl sites for hydroxylation is 1. The van der Waals surface area contributed by atoms with Crippen molar-refractivity contribution in [1.82, 2.24) is 4.90 Å². The quantitative estimate of drug-likeness (QED) is 0.923. The molecule has 1 fully saturated rings. The topological polar surface area (TPSA) is 38.5 Å². The van der Waals surface area contributed by atoms with Gasteiger partial charge in [-0.05, 0) is 44.9 Å². The fourth-order valence-electron chi connectivity index (χ4n) is 3.00. The standard InChI is InChI=1S/C15H26N2OS/c1-10-7-8-17(9-13(10)18-4)15(12(3)16)14-6-5-11(2)19-14/h5-6,10,12-13,15H,7-9,16H2,1-4H3. The molecule has 0 saturated carbocycles. The van der Waals surface area contributed by atoms with Crippen molar-refractivity contribution >= 4 is 11.3 Å². The van der Waals surface area contributed by atoms with Crippen LogP contribution >= 0.6 is 11.3 Å². The van der Waals surface area contributed by atoms with E-state index < -0.39 is 0 Å². The molecule has 19 heavy (non-hydrogen) atoms. The van der Waals surface area contributed by atoms with E-state index in [1.165, 1.54) is 16.2 Å². The number of thiophene rings is 1. The van der Waals surface area contributed by atoms with E-state index in [0.717, 1.165) is 13.1 Å². The fraction of sp³-hybridized carbons (Fsp3) is 0.733. The highest BCUT2D eigenvalue weighted by Crippen LogP contribution is 2.33. The maximum atomic E-state index is 6.25. The molecule has 0 aromatic carbocycles. The fourth-order valence-corrected chi connectivity index (χ4v) is 4.13. The Morgan fingerprint density at radius 2 is 2.21 bits per heavy atom. The Balaban J connectivity index is 2.16. The van der Waals surface area contributed by atoms with Crippen LogP contribution in [-0.4, -0.2) is 37.2 Å². The molecular weight excluding hydrogens is 256 g/mol. The molecule has 0 radical (unpaired) electrons. The number of nitrogens with two attached hydrogens (primary N) is 1. The molecular formula is C15H26N2OS. The molecule has 0 amide bonds. The minimum atomic E-state index is 0.143. The van der Waals surface area contributed by atoms with Crippen molar-refractivity contribution in [2.45, 2.75) is 45.4 Å². The number of nitrogens with zero attached hydrogens (tertiary/aromatic N) is 1. The summed E-state index contributed by atoms with van der Waals surface area (Å²) in [6.45, 7) is 8.65. The Labute approximate surface area is 120 Å². The lowest BCUT2D eigenvalue weighted by molar-refractivity contribution is -0.0218. The first-order chi connectivity index (χ1) is 9.02. The second kappa shape index (κ2) is 6.35. The summed E-state index contributed by atoms with van der Waals surface area (Å²) < 4.78 is 5.63. The highest BCUT2D eigenvalue weighted by molar-refractivity contribution is 7.12. The molecule has 1 aromatic heterocycles. The minimum absolute atomic E-state index is 0.143. The largest absolute Gasteiger partial charge is 0.380 e. The van der Waals surface area contributed by atoms with Crippen LogP contribution in [-0.2, 0) is 4.74 Å². The van der Waals surface area contributed by atoms with Gasteiger partial charge in [-0.1, -0.05) is 6.92 Å². The minimum Gasteiger partial charge on any atom is -0.380 e. The summed E-state index contributed by atoms with van der Waals surface area (Å²) in [7, 11) is 1.82. The molecule has 0 bridgehead atoms. The van der Waals surface area contributed by atoms with Crippen LogP contribution in [0.2, 0.25) is 0 Å². The van der Waals surface area contributed by atoms with Gasteiger partial charge in [-0.3, -0.25) is 4.90 Å². The van der Waals surface area contributed by atoms with E-state index >= 15 is 0 Å². The third-order valence-corrected chi connectivity index (χ3v) is 5.24. The van der Waals surface area contributed by atoms with Crippen molar-refractivity contribution in [3.63, 3.8) is 0 Å². The summed E-state index contributed by atoms with van der Waals surface area (Å²) >= 11 is 1.86. The molecule has 1 aliphatic rings. The van der Waals surface area contributed by atoms with E-state index in [-0.39, 0.29) is 6.04 Å². The van der Waals surface area contributed by atoms with Gasteiger partial charge in [0.25, 0.3) is 0 Å². The summed E-state index contributed by atoms with van der Waals surface area (Å²) in [5.74, 6) is 0.639. The van der Waals surface area contributed by atoms with E-state index in [4.69, 9.17) is 10.5 Å². The molecule has 2 heterocycles. The lowest BCUT2D eigenvalue weighted by atomic mass is 9.93. The van der Waals surface area contributed by atoms with Crippen molar-refractivity contribution in [2.24, 2.45) is 11.7 Å². The van der Waals surface area contributed by atoms with Gasteiger partial charge in [0.05, 0.1) is 12.1 Å². The molecule has 1 aromatic rings. The van der Waals surface area contributed by atoms with Crippen LogP contribution in [0.25, 0.3) is 0 Å². The van der Waals surface area contributed by atoms with Crippen molar-refractivity contribution in [1.29, 1.82) is 0 Å². The van der Waals surface area contributed by atoms with Crippen LogP contribution in [0.1, 0.15) is 36.1 Å². The maximum absolute atomic E-state index is 6.25. The zero-order valence-corrected chi connectivity index (χ0v) is 13.2. The Morgan fingerprint density at radius 1 is 1.47 bits per heavy atom. The van der Waals surface area contributed by atoms with Crippen molar-refractivity contribution in [3.05, 3.63) is 21.9 Å². The van der Waals surface area contributed by atoms with Crippen molar-refractivity contribution < 1.29 is 4.74 Å². The van der Waals surface area contributed by atoms with Crippen LogP contribution in [0.4, 0.5) is 0 Å². The number of rotatable bonds is 4. The Bertz CT molecular complexity index is 405. The third-order valence-electron chi connectivity index (χ3n) is 4.17. The molecule has 4 atom stereocenters. The maximum Gasteiger partial charge on any atom is 0.0724 e. The number of ether oxygens (including phenoxy) is 1. The van der Waals surface area contributed by atoms with Crippen LogP contribution in [0.3, 0.4) is 0 Å². The first-order valence-electron chi connectivity index (χ1n) is 7.11. The van der Waals surface area contributed by atoms with Crippen LogP contribution < -0.4 is 5.73 Å². The molecule has 3 nitrogen and oxygen atoms in total. The van der Waals surface area contributed by atoms with Gasteiger partial charge < -0.3 is 10.5 Å². The second-order valence-electron chi connectivity index (χ2n) is 5.79. The molecule has 108 valence electrons. The highest BCUT2D eigenvalue weighted by Gasteiger charge is 2.33. The zero-order valence-electron chi connectivity index (χ0n) is 12.4. The van der Waals surface area contributed by atoms with Gasteiger partial charge in [-0.2, -0.15) is 0 Å². The summed E-state index contributed by atoms with van der Waals surface area (Å²) in [6.07, 6.45) is 1.52. The molecule has 1 aliphatic heterocycles. The number of hydrogen-bond donors (Lipinski definition) is 1. The number of piperidine rings is 1. The number of hydrogen-bond acceptors (Lipinski definition) is 4. The number of likely N-dealkylation sites (tertiary alicyclic amines) is 1. The van der Waals surface area contributed by atoms with Crippen molar-refractivity contribution in [2.75, 3.05) is 20.2 Å². The molecule has 4 heteroatoms. The molecule has 2 N–H and O–H groups in total. The smallest absolute Gasteiger partial charge is 0.0724 e. The molecule has 2 rings (SSSR count). The normalized spacial score (nSPS) is 28.3. The average molecular weight is 282 g/mol. The van der Waals surface area contributed by atoms with E-state index in [1.807, 2.05) is 18.4 Å². The highest BCUT2D eigenvalue weighted by atomic mass is 32.1. The van der Waals surface area contributed by atoms with Gasteiger partial charge in [0, 0.05) is 29.5 Å². The Kier molecular flexibility index (Phi) is 5.01. The Hall–Kier alpha value is -0.420. The predicted molar refractivity (Wildman–Crippen MR) is 81.6 cm³/mol. The second-order valence-corrected chi connectivity index (χ2v) is 7.11. The van der Waals surface area contributed by atoms with Gasteiger partial charge in [-0.25, -0.2) is 0 Å². The zero-order chi connectivity index (χ0) is 14.0. The summed E-state index contributed by atoms with van der Waals surface area (Å²) in [5, 5.41) is 0. The molecule has 4 unspecified atom stereocenters. The first-order valence-corrected chi connectivity index (χ1v) is 7.93. The van der Waals surface area contributed by atoms with Crippen LogP contribution in [0.5, 0.6) is 0 Å².